The fourth-order valence-electron chi connectivity index (χ4n) is 2.06. The molecule has 1 aliphatic heterocycles. The maximum Gasteiger partial charge on any atom is 0.323 e. The van der Waals surface area contributed by atoms with E-state index < -0.39 is 5.97 Å². The Bertz CT molecular complexity index is 303. The van der Waals surface area contributed by atoms with E-state index in [-0.39, 0.29) is 25.0 Å². The van der Waals surface area contributed by atoms with E-state index >= 15 is 0 Å². The molecule has 19 heavy (non-hydrogen) atoms. The Morgan fingerprint density at radius 1 is 1.42 bits per heavy atom. The third-order valence-corrected chi connectivity index (χ3v) is 3.24. The zero-order valence-electron chi connectivity index (χ0n) is 11.4. The molecule has 1 rings (SSSR count). The van der Waals surface area contributed by atoms with Gasteiger partial charge in [0.15, 0.2) is 0 Å². The Hall–Kier alpha value is -1.18. The van der Waals surface area contributed by atoms with Gasteiger partial charge in [-0.15, -0.1) is 0 Å². The highest BCUT2D eigenvalue weighted by Gasteiger charge is 2.22. The first-order valence-electron chi connectivity index (χ1n) is 6.49. The number of rotatable bonds is 7. The number of nitrogens with zero attached hydrogens (tertiary/aromatic N) is 2. The summed E-state index contributed by atoms with van der Waals surface area (Å²) in [6, 6.07) is 0.218. The molecule has 3 N–H and O–H groups in total. The second kappa shape index (κ2) is 8.08. The molecule has 0 spiro atoms. The number of carbonyl (C=O) groups excluding carboxylic acids is 1. The van der Waals surface area contributed by atoms with Gasteiger partial charge in [-0.05, 0) is 12.8 Å². The van der Waals surface area contributed by atoms with Gasteiger partial charge in [0.2, 0.25) is 5.91 Å². The lowest BCUT2D eigenvalue weighted by molar-refractivity contribution is -0.145. The molecular weight excluding hydrogens is 250 g/mol. The number of likely N-dealkylation sites (tertiary alicyclic amines) is 1. The number of nitrogens with two attached hydrogens (primary N) is 1. The molecule has 1 amide bonds. The van der Waals surface area contributed by atoms with Crippen LogP contribution in [0.4, 0.5) is 0 Å². The van der Waals surface area contributed by atoms with E-state index in [1.54, 1.807) is 0 Å². The van der Waals surface area contributed by atoms with Crippen molar-refractivity contribution in [3.8, 4) is 0 Å². The van der Waals surface area contributed by atoms with E-state index in [4.69, 9.17) is 15.6 Å². The predicted octanol–water partition coefficient (Wildman–Crippen LogP) is -1.03. The highest BCUT2D eigenvalue weighted by atomic mass is 16.5. The highest BCUT2D eigenvalue weighted by Crippen LogP contribution is 2.08. The first-order valence-corrected chi connectivity index (χ1v) is 6.49. The van der Waals surface area contributed by atoms with Gasteiger partial charge in [-0.2, -0.15) is 0 Å². The van der Waals surface area contributed by atoms with E-state index in [2.05, 4.69) is 0 Å². The smallest absolute Gasteiger partial charge is 0.323 e. The SMILES string of the molecule is COCCN(CC(=O)O)C(=O)CN1CCC(N)CC1. The average Bonchev–Trinajstić information content (AvgIpc) is 2.36. The standard InChI is InChI=1S/C12H23N3O4/c1-19-7-6-15(9-12(17)18)11(16)8-14-4-2-10(13)3-5-14/h10H,2-9,13H2,1H3,(H,17,18). The van der Waals surface area contributed by atoms with Crippen molar-refractivity contribution in [1.82, 2.24) is 9.80 Å². The third kappa shape index (κ3) is 6.00. The normalized spacial score (nSPS) is 17.4. The summed E-state index contributed by atoms with van der Waals surface area (Å²) in [5.74, 6) is -1.18. The molecule has 110 valence electrons. The molecule has 0 atom stereocenters. The molecule has 7 nitrogen and oxygen atoms in total. The van der Waals surface area contributed by atoms with Crippen LogP contribution >= 0.6 is 0 Å². The number of carboxylic acid groups (broad SMARTS) is 1. The van der Waals surface area contributed by atoms with Gasteiger partial charge >= 0.3 is 5.97 Å². The minimum atomic E-state index is -1.01. The molecule has 0 unspecified atom stereocenters. The van der Waals surface area contributed by atoms with Crippen molar-refractivity contribution in [3.63, 3.8) is 0 Å². The van der Waals surface area contributed by atoms with Gasteiger partial charge < -0.3 is 20.5 Å². The lowest BCUT2D eigenvalue weighted by Gasteiger charge is -2.31. The zero-order chi connectivity index (χ0) is 14.3. The molecule has 1 heterocycles. The fourth-order valence-corrected chi connectivity index (χ4v) is 2.06. The third-order valence-electron chi connectivity index (χ3n) is 3.24. The number of carboxylic acids is 1. The van der Waals surface area contributed by atoms with Gasteiger partial charge in [-0.1, -0.05) is 0 Å². The molecule has 0 aromatic rings. The Labute approximate surface area is 113 Å². The summed E-state index contributed by atoms with van der Waals surface area (Å²) in [4.78, 5) is 26.2. The van der Waals surface area contributed by atoms with Crippen LogP contribution in [-0.2, 0) is 14.3 Å². The first kappa shape index (κ1) is 15.9. The number of ether oxygens (including phenoxy) is 1. The van der Waals surface area contributed by atoms with E-state index in [1.807, 2.05) is 4.90 Å². The maximum atomic E-state index is 12.1. The molecular formula is C12H23N3O4. The molecule has 0 aromatic heterocycles. The van der Waals surface area contributed by atoms with E-state index in [0.717, 1.165) is 25.9 Å². The van der Waals surface area contributed by atoms with Crippen LogP contribution in [0.5, 0.6) is 0 Å². The van der Waals surface area contributed by atoms with Crippen LogP contribution in [0, 0.1) is 0 Å². The Morgan fingerprint density at radius 3 is 2.58 bits per heavy atom. The molecule has 7 heteroatoms. The van der Waals surface area contributed by atoms with Crippen molar-refractivity contribution in [2.75, 3.05) is 46.4 Å². The van der Waals surface area contributed by atoms with Crippen molar-refractivity contribution >= 4 is 11.9 Å². The molecule has 0 bridgehead atoms. The number of methoxy groups -OCH3 is 1. The summed E-state index contributed by atoms with van der Waals surface area (Å²) in [7, 11) is 1.52. The Balaban J connectivity index is 2.43. The van der Waals surface area contributed by atoms with E-state index in [0.29, 0.717) is 13.2 Å². The Morgan fingerprint density at radius 2 is 2.05 bits per heavy atom. The summed E-state index contributed by atoms with van der Waals surface area (Å²) < 4.78 is 4.89. The topological polar surface area (TPSA) is 96.1 Å². The predicted molar refractivity (Wildman–Crippen MR) is 69.7 cm³/mol. The van der Waals surface area contributed by atoms with Crippen molar-refractivity contribution in [1.29, 1.82) is 0 Å². The molecule has 0 aromatic carbocycles. The summed E-state index contributed by atoms with van der Waals surface area (Å²) >= 11 is 0. The molecule has 1 saturated heterocycles. The quantitative estimate of drug-likeness (QED) is 0.615. The number of hydrogen-bond donors (Lipinski definition) is 2. The monoisotopic (exact) mass is 273 g/mol. The van der Waals surface area contributed by atoms with Gasteiger partial charge in [-0.3, -0.25) is 14.5 Å². The van der Waals surface area contributed by atoms with Crippen LogP contribution in [-0.4, -0.2) is 79.3 Å². The lowest BCUT2D eigenvalue weighted by Crippen LogP contribution is -2.47. The molecule has 1 aliphatic rings. The summed E-state index contributed by atoms with van der Waals surface area (Å²) in [6.07, 6.45) is 1.76. The Kier molecular flexibility index (Phi) is 6.75. The number of carbonyl (C=O) groups is 2. The first-order chi connectivity index (χ1) is 9.02. The largest absolute Gasteiger partial charge is 0.480 e. The number of amides is 1. The minimum absolute atomic E-state index is 0.171. The summed E-state index contributed by atoms with van der Waals surface area (Å²) in [5, 5.41) is 8.81. The van der Waals surface area contributed by atoms with Crippen LogP contribution in [0.3, 0.4) is 0 Å². The van der Waals surface area contributed by atoms with Gasteiger partial charge in [0, 0.05) is 32.8 Å². The second-order valence-electron chi connectivity index (χ2n) is 4.82. The van der Waals surface area contributed by atoms with Crippen molar-refractivity contribution in [3.05, 3.63) is 0 Å². The van der Waals surface area contributed by atoms with E-state index in [9.17, 15) is 9.59 Å². The number of aliphatic carboxylic acids is 1. The highest BCUT2D eigenvalue weighted by molar-refractivity contribution is 5.82. The average molecular weight is 273 g/mol. The van der Waals surface area contributed by atoms with Crippen LogP contribution in [0.2, 0.25) is 0 Å². The molecule has 1 fully saturated rings. The zero-order valence-corrected chi connectivity index (χ0v) is 11.4. The van der Waals surface area contributed by atoms with Crippen molar-refractivity contribution < 1.29 is 19.4 Å². The molecule has 0 aliphatic carbocycles. The summed E-state index contributed by atoms with van der Waals surface area (Å²) in [5.41, 5.74) is 5.80. The lowest BCUT2D eigenvalue weighted by atomic mass is 10.1. The summed E-state index contributed by atoms with van der Waals surface area (Å²) in [6.45, 7) is 2.19. The molecule has 0 radical (unpaired) electrons. The minimum Gasteiger partial charge on any atom is -0.480 e. The van der Waals surface area contributed by atoms with Crippen LogP contribution < -0.4 is 5.73 Å². The fraction of sp³-hybridized carbons (Fsp3) is 0.833. The van der Waals surface area contributed by atoms with Gasteiger partial charge in [-0.25, -0.2) is 0 Å². The number of hydrogen-bond acceptors (Lipinski definition) is 5. The van der Waals surface area contributed by atoms with Crippen LogP contribution in [0.25, 0.3) is 0 Å². The van der Waals surface area contributed by atoms with Crippen LogP contribution in [0.1, 0.15) is 12.8 Å². The van der Waals surface area contributed by atoms with Crippen LogP contribution in [0.15, 0.2) is 0 Å². The maximum absolute atomic E-state index is 12.1. The second-order valence-corrected chi connectivity index (χ2v) is 4.82. The van der Waals surface area contributed by atoms with Gasteiger partial charge in [0.25, 0.3) is 0 Å². The van der Waals surface area contributed by atoms with Crippen molar-refractivity contribution in [2.24, 2.45) is 5.73 Å². The number of piperidine rings is 1. The molecule has 0 saturated carbocycles. The van der Waals surface area contributed by atoms with E-state index in [1.165, 1.54) is 12.0 Å². The van der Waals surface area contributed by atoms with Gasteiger partial charge in [0.1, 0.15) is 6.54 Å². The van der Waals surface area contributed by atoms with Gasteiger partial charge in [0.05, 0.1) is 13.2 Å². The van der Waals surface area contributed by atoms with Crippen molar-refractivity contribution in [2.45, 2.75) is 18.9 Å².